The summed E-state index contributed by atoms with van der Waals surface area (Å²) in [4.78, 5) is 49.4. The van der Waals surface area contributed by atoms with Crippen molar-refractivity contribution in [3.05, 3.63) is 59.6 Å². The monoisotopic (exact) mass is 580 g/mol. The van der Waals surface area contributed by atoms with Crippen LogP contribution in [0, 0.1) is 0 Å². The van der Waals surface area contributed by atoms with Gasteiger partial charge in [-0.1, -0.05) is 0 Å². The summed E-state index contributed by atoms with van der Waals surface area (Å²) in [5.41, 5.74) is -3.72. The Kier molecular flexibility index (Phi) is 3.55. The molecule has 6 nitrogen and oxygen atoms in total. The Bertz CT molecular complexity index is 1210. The van der Waals surface area contributed by atoms with Gasteiger partial charge in [-0.3, -0.25) is 0 Å². The van der Waals surface area contributed by atoms with E-state index in [1.54, 1.807) is 0 Å². The summed E-state index contributed by atoms with van der Waals surface area (Å²) in [5.74, 6) is 0. The second-order valence-electron chi connectivity index (χ2n) is 4.86. The lowest BCUT2D eigenvalue weighted by atomic mass is 10.00. The quantitative estimate of drug-likeness (QED) is 0.313. The first-order chi connectivity index (χ1) is 11.3. The molecule has 0 aliphatic carbocycles. The number of halogens is 4. The third-order valence-corrected chi connectivity index (χ3v) is 7.94. The van der Waals surface area contributed by atoms with E-state index in [4.69, 9.17) is 8.83 Å². The molecule has 4 bridgehead atoms. The van der Waals surface area contributed by atoms with Crippen LogP contribution in [-0.2, 0) is 0 Å². The minimum Gasteiger partial charge on any atom is -0.386 e. The summed E-state index contributed by atoms with van der Waals surface area (Å²) in [6, 6.07) is 0. The van der Waals surface area contributed by atoms with Gasteiger partial charge in [0.2, 0.25) is 0 Å². The molecule has 0 unspecified atom stereocenters. The maximum Gasteiger partial charge on any atom is 0.347 e. The van der Waals surface area contributed by atoms with Gasteiger partial charge >= 0.3 is 22.5 Å². The van der Waals surface area contributed by atoms with E-state index in [2.05, 4.69) is 63.7 Å². The lowest BCUT2D eigenvalue weighted by Gasteiger charge is -2.08. The Labute approximate surface area is 163 Å². The largest absolute Gasteiger partial charge is 0.386 e. The second kappa shape index (κ2) is 5.20. The molecule has 0 spiro atoms. The zero-order chi connectivity index (χ0) is 17.5. The van der Waals surface area contributed by atoms with Crippen LogP contribution in [-0.4, -0.2) is 0 Å². The molecule has 4 aromatic heterocycles. The highest BCUT2D eigenvalue weighted by molar-refractivity contribution is 9.13. The molecule has 4 heterocycles. The van der Waals surface area contributed by atoms with Crippen molar-refractivity contribution in [3.63, 3.8) is 0 Å². The molecule has 0 radical (unpaired) electrons. The van der Waals surface area contributed by atoms with Crippen LogP contribution in [0.5, 0.6) is 0 Å². The molecule has 120 valence electrons. The van der Waals surface area contributed by atoms with Crippen LogP contribution >= 0.6 is 63.7 Å². The van der Waals surface area contributed by atoms with Crippen molar-refractivity contribution < 1.29 is 8.83 Å². The van der Waals surface area contributed by atoms with Gasteiger partial charge in [0.1, 0.15) is 0 Å². The SMILES string of the molecule is O=c1oc(=O)c2c(Br)c(Br)c1c1c3c(Br)c(Br)c(c(=O)oc3=O)c21. The van der Waals surface area contributed by atoms with Crippen molar-refractivity contribution in [3.8, 4) is 0 Å². The van der Waals surface area contributed by atoms with Crippen LogP contribution in [0.25, 0.3) is 32.3 Å². The molecule has 6 aromatic rings. The van der Waals surface area contributed by atoms with E-state index in [0.29, 0.717) is 0 Å². The van der Waals surface area contributed by atoms with Crippen LogP contribution in [0.4, 0.5) is 0 Å². The van der Waals surface area contributed by atoms with Crippen molar-refractivity contribution in [1.29, 1.82) is 0 Å². The molecule has 6 rings (SSSR count). The van der Waals surface area contributed by atoms with Gasteiger partial charge in [0.15, 0.2) is 0 Å². The van der Waals surface area contributed by atoms with E-state index in [1.165, 1.54) is 0 Å². The molecule has 10 heteroatoms. The molecule has 0 N–H and O–H groups in total. The maximum absolute atomic E-state index is 12.3. The molecule has 24 heavy (non-hydrogen) atoms. The number of benzene rings is 2. The smallest absolute Gasteiger partial charge is 0.347 e. The predicted molar refractivity (Wildman–Crippen MR) is 102 cm³/mol. The fourth-order valence-electron chi connectivity index (χ4n) is 2.77. The van der Waals surface area contributed by atoms with Crippen molar-refractivity contribution in [1.82, 2.24) is 0 Å². The summed E-state index contributed by atoms with van der Waals surface area (Å²) in [6.07, 6.45) is 0. The van der Waals surface area contributed by atoms with Gasteiger partial charge in [0.25, 0.3) is 0 Å². The molecule has 0 aliphatic rings. The number of fused-ring (bicyclic) bond motifs is 6. The van der Waals surface area contributed by atoms with E-state index in [0.717, 1.165) is 0 Å². The highest BCUT2D eigenvalue weighted by Gasteiger charge is 2.28. The summed E-state index contributed by atoms with van der Waals surface area (Å²) in [6.45, 7) is 0. The zero-order valence-electron chi connectivity index (χ0n) is 11.0. The molecule has 0 saturated heterocycles. The lowest BCUT2D eigenvalue weighted by molar-refractivity contribution is 0.491. The first-order valence-electron chi connectivity index (χ1n) is 6.14. The predicted octanol–water partition coefficient (Wildman–Crippen LogP) is 3.70. The van der Waals surface area contributed by atoms with E-state index < -0.39 is 22.5 Å². The third-order valence-electron chi connectivity index (χ3n) is 3.70. The standard InChI is InChI=1S/C14Br4O6/c15-7-3-1-2(5(9(7)17)13(21)23-11(3)19)6-10(18)8(16)4(1)12(20)24-14(6)22. The molecule has 0 saturated carbocycles. The average Bonchev–Trinajstić information content (AvgIpc) is 2.74. The van der Waals surface area contributed by atoms with Gasteiger partial charge in [-0.15, -0.1) is 0 Å². The fraction of sp³-hybridized carbons (Fsp3) is 0. The molecule has 0 amide bonds. The minimum absolute atomic E-state index is 0.0393. The Balaban J connectivity index is 2.79. The van der Waals surface area contributed by atoms with Crippen molar-refractivity contribution in [2.45, 2.75) is 0 Å². The van der Waals surface area contributed by atoms with Crippen LogP contribution in [0.15, 0.2) is 45.9 Å². The van der Waals surface area contributed by atoms with Gasteiger partial charge in [0, 0.05) is 28.7 Å². The van der Waals surface area contributed by atoms with Gasteiger partial charge in [-0.25, -0.2) is 19.2 Å². The van der Waals surface area contributed by atoms with E-state index in [9.17, 15) is 19.2 Å². The summed E-state index contributed by atoms with van der Waals surface area (Å²) >= 11 is 13.0. The Morgan fingerprint density at radius 1 is 0.417 bits per heavy atom. The second-order valence-corrected chi connectivity index (χ2v) is 8.03. The van der Waals surface area contributed by atoms with Gasteiger partial charge in [-0.05, 0) is 63.7 Å². The van der Waals surface area contributed by atoms with Crippen LogP contribution < -0.4 is 22.5 Å². The Morgan fingerprint density at radius 3 is 0.833 bits per heavy atom. The van der Waals surface area contributed by atoms with E-state index in [1.807, 2.05) is 0 Å². The zero-order valence-corrected chi connectivity index (χ0v) is 17.3. The minimum atomic E-state index is -0.929. The van der Waals surface area contributed by atoms with E-state index in [-0.39, 0.29) is 50.2 Å². The summed E-state index contributed by atoms with van der Waals surface area (Å²) < 4.78 is 10.6. The fourth-order valence-corrected chi connectivity index (χ4v) is 5.00. The molecule has 0 aliphatic heterocycles. The highest BCUT2D eigenvalue weighted by atomic mass is 79.9. The van der Waals surface area contributed by atoms with Crippen molar-refractivity contribution in [2.75, 3.05) is 0 Å². The van der Waals surface area contributed by atoms with Crippen LogP contribution in [0.1, 0.15) is 0 Å². The van der Waals surface area contributed by atoms with Crippen molar-refractivity contribution in [2.24, 2.45) is 0 Å². The van der Waals surface area contributed by atoms with Gasteiger partial charge in [-0.2, -0.15) is 0 Å². The molecule has 0 atom stereocenters. The number of hydrogen-bond donors (Lipinski definition) is 0. The summed E-state index contributed by atoms with van der Waals surface area (Å²) in [7, 11) is 0. The third kappa shape index (κ3) is 1.85. The Hall–Kier alpha value is -1.10. The first-order valence-corrected chi connectivity index (χ1v) is 9.31. The average molecular weight is 584 g/mol. The first kappa shape index (κ1) is 16.4. The Morgan fingerprint density at radius 2 is 0.625 bits per heavy atom. The van der Waals surface area contributed by atoms with Gasteiger partial charge in [0.05, 0.1) is 21.5 Å². The van der Waals surface area contributed by atoms with Crippen LogP contribution in [0.3, 0.4) is 0 Å². The normalized spacial score (nSPS) is 12.0. The highest BCUT2D eigenvalue weighted by Crippen LogP contribution is 2.44. The molecular formula is C14Br4O6. The lowest BCUT2D eigenvalue weighted by Crippen LogP contribution is -2.05. The van der Waals surface area contributed by atoms with Crippen LogP contribution in [0.2, 0.25) is 0 Å². The van der Waals surface area contributed by atoms with E-state index >= 15 is 0 Å². The molecular weight excluding hydrogens is 584 g/mol. The molecule has 2 aromatic carbocycles. The number of hydrogen-bond acceptors (Lipinski definition) is 6. The van der Waals surface area contributed by atoms with Crippen molar-refractivity contribution >= 4 is 96.0 Å². The molecule has 0 fully saturated rings. The summed E-state index contributed by atoms with van der Waals surface area (Å²) in [5, 5.41) is 0.0870. The van der Waals surface area contributed by atoms with Gasteiger partial charge < -0.3 is 8.83 Å². The number of rotatable bonds is 0. The topological polar surface area (TPSA) is 94.6 Å². The maximum atomic E-state index is 12.3.